The summed E-state index contributed by atoms with van der Waals surface area (Å²) in [6.07, 6.45) is 0. The third-order valence-corrected chi connectivity index (χ3v) is 4.73. The predicted molar refractivity (Wildman–Crippen MR) is 96.9 cm³/mol. The quantitative estimate of drug-likeness (QED) is 0.708. The van der Waals surface area contributed by atoms with Gasteiger partial charge in [-0.1, -0.05) is 6.07 Å². The lowest BCUT2D eigenvalue weighted by Crippen LogP contribution is -2.23. The molecule has 0 radical (unpaired) electrons. The van der Waals surface area contributed by atoms with Crippen LogP contribution in [0.1, 0.15) is 18.3 Å². The maximum absolute atomic E-state index is 12.2. The van der Waals surface area contributed by atoms with Crippen LogP contribution >= 0.6 is 27.7 Å². The highest BCUT2D eigenvalue weighted by Gasteiger charge is 2.16. The van der Waals surface area contributed by atoms with Crippen molar-refractivity contribution in [2.24, 2.45) is 0 Å². The van der Waals surface area contributed by atoms with Gasteiger partial charge in [0.25, 0.3) is 0 Å². The van der Waals surface area contributed by atoms with Crippen LogP contribution in [0.3, 0.4) is 0 Å². The number of nitrogens with one attached hydrogen (secondary N) is 1. The van der Waals surface area contributed by atoms with Gasteiger partial charge in [-0.05, 0) is 47.5 Å². The Morgan fingerprint density at radius 1 is 1.30 bits per heavy atom. The number of nitrogens with two attached hydrogens (primary N) is 2. The summed E-state index contributed by atoms with van der Waals surface area (Å²) in [4.78, 5) is 23.9. The van der Waals surface area contributed by atoms with Crippen LogP contribution in [0.2, 0.25) is 0 Å². The Hall–Kier alpha value is -1.87. The van der Waals surface area contributed by atoms with Gasteiger partial charge in [0.2, 0.25) is 17.8 Å². The number of halogens is 1. The van der Waals surface area contributed by atoms with E-state index in [-0.39, 0.29) is 23.1 Å². The van der Waals surface area contributed by atoms with Crippen LogP contribution in [0.15, 0.2) is 22.7 Å². The molecule has 1 amide bonds. The largest absolute Gasteiger partial charge is 0.368 e. The van der Waals surface area contributed by atoms with Crippen LogP contribution in [-0.2, 0) is 10.5 Å². The predicted octanol–water partition coefficient (Wildman–Crippen LogP) is 2.37. The molecule has 122 valence electrons. The molecular weight excluding hydrogens is 380 g/mol. The Bertz CT molecular complexity index is 706. The summed E-state index contributed by atoms with van der Waals surface area (Å²) in [5, 5.41) is 2.60. The number of hydrogen-bond acceptors (Lipinski definition) is 7. The molecule has 0 fully saturated rings. The highest BCUT2D eigenvalue weighted by Crippen LogP contribution is 2.25. The smallest absolute Gasteiger partial charge is 0.237 e. The van der Waals surface area contributed by atoms with Crippen molar-refractivity contribution < 1.29 is 4.79 Å². The molecule has 0 aliphatic heterocycles. The van der Waals surface area contributed by atoms with E-state index in [1.165, 1.54) is 11.8 Å². The lowest BCUT2D eigenvalue weighted by Gasteiger charge is -2.13. The Morgan fingerprint density at radius 3 is 2.57 bits per heavy atom. The van der Waals surface area contributed by atoms with Gasteiger partial charge in [0.15, 0.2) is 0 Å². The molecule has 1 aromatic heterocycles. The maximum atomic E-state index is 12.2. The second-order valence-corrected chi connectivity index (χ2v) is 7.08. The zero-order valence-corrected chi connectivity index (χ0v) is 15.1. The number of hydrogen-bond donors (Lipinski definition) is 3. The molecule has 0 bridgehead atoms. The van der Waals surface area contributed by atoms with Gasteiger partial charge in [-0.3, -0.25) is 4.79 Å². The van der Waals surface area contributed by atoms with Crippen molar-refractivity contribution in [3.05, 3.63) is 34.1 Å². The Labute approximate surface area is 146 Å². The van der Waals surface area contributed by atoms with Crippen molar-refractivity contribution >= 4 is 51.2 Å². The van der Waals surface area contributed by atoms with Gasteiger partial charge in [0.1, 0.15) is 5.82 Å². The van der Waals surface area contributed by atoms with Crippen molar-refractivity contribution in [2.45, 2.75) is 24.9 Å². The third kappa shape index (κ3) is 5.07. The number of rotatable bonds is 5. The molecule has 0 saturated carbocycles. The van der Waals surface area contributed by atoms with Gasteiger partial charge in [0, 0.05) is 4.47 Å². The summed E-state index contributed by atoms with van der Waals surface area (Å²) in [6, 6.07) is 5.75. The van der Waals surface area contributed by atoms with Gasteiger partial charge >= 0.3 is 0 Å². The second-order valence-electron chi connectivity index (χ2n) is 4.89. The molecule has 5 N–H and O–H groups in total. The zero-order chi connectivity index (χ0) is 17.0. The average molecular weight is 397 g/mol. The number of nitrogens with zero attached hydrogens (tertiary/aromatic N) is 3. The number of nitrogen functional groups attached to an aromatic ring is 2. The molecule has 0 aliphatic carbocycles. The molecule has 0 spiro atoms. The van der Waals surface area contributed by atoms with Crippen molar-refractivity contribution in [3.8, 4) is 0 Å². The standard InChI is InChI=1S/C14H17BrN6OS/c1-7-3-4-10(9(15)5-7)18-12(22)8(2)23-6-11-19-13(16)21-14(17)20-11/h3-5,8H,6H2,1-2H3,(H,18,22)(H4,16,17,19,20,21). The van der Waals surface area contributed by atoms with Gasteiger partial charge < -0.3 is 16.8 Å². The van der Waals surface area contributed by atoms with E-state index in [0.29, 0.717) is 11.6 Å². The van der Waals surface area contributed by atoms with Crippen LogP contribution in [0.25, 0.3) is 0 Å². The van der Waals surface area contributed by atoms with E-state index in [4.69, 9.17) is 11.5 Å². The molecule has 2 aromatic rings. The van der Waals surface area contributed by atoms with Crippen LogP contribution < -0.4 is 16.8 Å². The topological polar surface area (TPSA) is 120 Å². The highest BCUT2D eigenvalue weighted by molar-refractivity contribution is 9.10. The Kier molecular flexibility index (Phi) is 5.78. The van der Waals surface area contributed by atoms with Crippen molar-refractivity contribution in [3.63, 3.8) is 0 Å². The SMILES string of the molecule is Cc1ccc(NC(=O)C(C)SCc2nc(N)nc(N)n2)c(Br)c1. The van der Waals surface area contributed by atoms with Gasteiger partial charge in [0.05, 0.1) is 16.7 Å². The number of carbonyl (C=O) groups excluding carboxylic acids is 1. The molecule has 9 heteroatoms. The molecule has 1 aromatic carbocycles. The van der Waals surface area contributed by atoms with Gasteiger partial charge in [-0.2, -0.15) is 15.0 Å². The molecule has 1 heterocycles. The molecule has 2 rings (SSSR count). The number of benzene rings is 1. The second kappa shape index (κ2) is 7.60. The van der Waals surface area contributed by atoms with Crippen LogP contribution in [0.4, 0.5) is 17.6 Å². The summed E-state index contributed by atoms with van der Waals surface area (Å²) in [5.74, 6) is 0.925. The minimum Gasteiger partial charge on any atom is -0.368 e. The minimum absolute atomic E-state index is 0.0776. The lowest BCUT2D eigenvalue weighted by molar-refractivity contribution is -0.115. The van der Waals surface area contributed by atoms with Gasteiger partial charge in [-0.15, -0.1) is 11.8 Å². The van der Waals surface area contributed by atoms with E-state index in [1.807, 2.05) is 32.0 Å². The third-order valence-electron chi connectivity index (χ3n) is 2.93. The Morgan fingerprint density at radius 2 is 1.96 bits per heavy atom. The Balaban J connectivity index is 1.94. The lowest BCUT2D eigenvalue weighted by atomic mass is 10.2. The zero-order valence-electron chi connectivity index (χ0n) is 12.7. The molecule has 0 saturated heterocycles. The first-order valence-electron chi connectivity index (χ1n) is 6.79. The van der Waals surface area contributed by atoms with Crippen molar-refractivity contribution in [2.75, 3.05) is 16.8 Å². The van der Waals surface area contributed by atoms with Crippen molar-refractivity contribution in [1.82, 2.24) is 15.0 Å². The summed E-state index contributed by atoms with van der Waals surface area (Å²) in [6.45, 7) is 3.80. The number of thioether (sulfide) groups is 1. The first kappa shape index (κ1) is 17.5. The van der Waals surface area contributed by atoms with Crippen molar-refractivity contribution in [1.29, 1.82) is 0 Å². The highest BCUT2D eigenvalue weighted by atomic mass is 79.9. The van der Waals surface area contributed by atoms with E-state index >= 15 is 0 Å². The van der Waals surface area contributed by atoms with Crippen LogP contribution in [-0.4, -0.2) is 26.1 Å². The monoisotopic (exact) mass is 396 g/mol. The summed E-state index contributed by atoms with van der Waals surface area (Å²) in [7, 11) is 0. The van der Waals surface area contributed by atoms with E-state index in [2.05, 4.69) is 36.2 Å². The van der Waals surface area contributed by atoms with Gasteiger partial charge in [-0.25, -0.2) is 0 Å². The molecule has 7 nitrogen and oxygen atoms in total. The summed E-state index contributed by atoms with van der Waals surface area (Å²) >= 11 is 4.83. The normalized spacial score (nSPS) is 12.0. The fourth-order valence-corrected chi connectivity index (χ4v) is 3.08. The number of amides is 1. The number of aromatic nitrogens is 3. The van der Waals surface area contributed by atoms with E-state index in [0.717, 1.165) is 15.7 Å². The van der Waals surface area contributed by atoms with E-state index < -0.39 is 0 Å². The fourth-order valence-electron chi connectivity index (χ4n) is 1.75. The molecule has 23 heavy (non-hydrogen) atoms. The van der Waals surface area contributed by atoms with E-state index in [9.17, 15) is 4.79 Å². The molecule has 1 unspecified atom stereocenters. The number of anilines is 3. The summed E-state index contributed by atoms with van der Waals surface area (Å²) < 4.78 is 0.848. The minimum atomic E-state index is -0.289. The average Bonchev–Trinajstić information content (AvgIpc) is 2.46. The van der Waals surface area contributed by atoms with Crippen LogP contribution in [0.5, 0.6) is 0 Å². The summed E-state index contributed by atoms with van der Waals surface area (Å²) in [5.41, 5.74) is 12.9. The van der Waals surface area contributed by atoms with Crippen LogP contribution in [0, 0.1) is 6.92 Å². The first-order chi connectivity index (χ1) is 10.8. The number of aryl methyl sites for hydroxylation is 1. The molecular formula is C14H17BrN6OS. The number of carbonyl (C=O) groups is 1. The first-order valence-corrected chi connectivity index (χ1v) is 8.64. The molecule has 0 aliphatic rings. The fraction of sp³-hybridized carbons (Fsp3) is 0.286. The maximum Gasteiger partial charge on any atom is 0.237 e. The van der Waals surface area contributed by atoms with E-state index in [1.54, 1.807) is 0 Å². The molecule has 1 atom stereocenters.